The van der Waals surface area contributed by atoms with E-state index in [1.807, 2.05) is 11.8 Å². The second-order valence-electron chi connectivity index (χ2n) is 8.81. The molecular weight excluding hydrogens is 495 g/mol. The van der Waals surface area contributed by atoms with Crippen LogP contribution in [0.2, 0.25) is 0 Å². The molecule has 0 bridgehead atoms. The molecule has 1 saturated heterocycles. The van der Waals surface area contributed by atoms with Crippen LogP contribution in [0, 0.1) is 6.57 Å². The summed E-state index contributed by atoms with van der Waals surface area (Å²) in [5, 5.41) is 8.90. The third-order valence-corrected chi connectivity index (χ3v) is 6.15. The van der Waals surface area contributed by atoms with Crippen molar-refractivity contribution >= 4 is 23.1 Å². The number of carbonyl (C=O) groups excluding carboxylic acids is 1. The minimum atomic E-state index is -4.50. The molecule has 2 aliphatic rings. The first-order chi connectivity index (χ1) is 17.7. The molecule has 1 amide bonds. The molecule has 0 unspecified atom stereocenters. The zero-order valence-electron chi connectivity index (χ0n) is 20.0. The van der Waals surface area contributed by atoms with Gasteiger partial charge >= 0.3 is 6.18 Å². The number of halogens is 3. The van der Waals surface area contributed by atoms with E-state index in [-0.39, 0.29) is 55.7 Å². The summed E-state index contributed by atoms with van der Waals surface area (Å²) in [4.78, 5) is 35.3. The fourth-order valence-electron chi connectivity index (χ4n) is 4.32. The topological polar surface area (TPSA) is 117 Å². The van der Waals surface area contributed by atoms with Crippen molar-refractivity contribution < 1.29 is 27.4 Å². The van der Waals surface area contributed by atoms with Crippen molar-refractivity contribution in [3.8, 4) is 5.75 Å². The largest absolute Gasteiger partial charge is 0.490 e. The minimum absolute atomic E-state index is 0.0832. The lowest BCUT2D eigenvalue weighted by Gasteiger charge is -2.41. The summed E-state index contributed by atoms with van der Waals surface area (Å²) in [6, 6.07) is 0.622. The number of H-pyrrole nitrogens is 1. The number of nitrogens with zero attached hydrogens (tertiary/aromatic N) is 5. The van der Waals surface area contributed by atoms with Crippen molar-refractivity contribution in [3.63, 3.8) is 0 Å². The number of fused-ring (bicyclic) bond motifs is 3. The van der Waals surface area contributed by atoms with E-state index in [1.165, 1.54) is 6.20 Å². The Bertz CT molecular complexity index is 1230. The monoisotopic (exact) mass is 521 g/mol. The summed E-state index contributed by atoms with van der Waals surface area (Å²) in [6.45, 7) is 10.9. The van der Waals surface area contributed by atoms with Gasteiger partial charge in [0.2, 0.25) is 5.91 Å². The van der Waals surface area contributed by atoms with Crippen LogP contribution in [0.5, 0.6) is 5.75 Å². The maximum absolute atomic E-state index is 13.1. The maximum atomic E-state index is 13.1. The molecule has 4 rings (SSSR count). The maximum Gasteiger partial charge on any atom is 0.418 e. The van der Waals surface area contributed by atoms with Crippen LogP contribution in [-0.4, -0.2) is 77.5 Å². The van der Waals surface area contributed by atoms with E-state index in [0.29, 0.717) is 37.6 Å². The molecule has 0 radical (unpaired) electrons. The number of amides is 1. The molecule has 2 atom stereocenters. The molecule has 2 aliphatic heterocycles. The third kappa shape index (κ3) is 6.11. The van der Waals surface area contributed by atoms with Crippen LogP contribution in [0.4, 0.5) is 30.4 Å². The predicted octanol–water partition coefficient (Wildman–Crippen LogP) is 2.44. The Kier molecular flexibility index (Phi) is 7.82. The zero-order valence-corrected chi connectivity index (χ0v) is 20.0. The Morgan fingerprint density at radius 3 is 2.97 bits per heavy atom. The highest BCUT2D eigenvalue weighted by Crippen LogP contribution is 2.38. The van der Waals surface area contributed by atoms with Gasteiger partial charge in [-0.2, -0.15) is 18.3 Å². The molecule has 14 heteroatoms. The normalized spacial score (nSPS) is 18.1. The average Bonchev–Trinajstić information content (AvgIpc) is 3.04. The molecule has 37 heavy (non-hydrogen) atoms. The highest BCUT2D eigenvalue weighted by molar-refractivity contribution is 5.77. The highest BCUT2D eigenvalue weighted by Gasteiger charge is 2.36. The van der Waals surface area contributed by atoms with E-state index in [0.717, 1.165) is 12.3 Å². The van der Waals surface area contributed by atoms with Gasteiger partial charge in [-0.15, -0.1) is 0 Å². The number of hydrogen-bond donors (Lipinski definition) is 2. The summed E-state index contributed by atoms with van der Waals surface area (Å²) in [5.74, 6) is 0.386. The van der Waals surface area contributed by atoms with Crippen LogP contribution >= 0.6 is 0 Å². The fraction of sp³-hybridized carbons (Fsp3) is 0.522. The molecule has 11 nitrogen and oxygen atoms in total. The molecule has 0 aliphatic carbocycles. The molecule has 2 aromatic heterocycles. The second kappa shape index (κ2) is 11.0. The summed E-state index contributed by atoms with van der Waals surface area (Å²) in [6.07, 6.45) is -1.62. The highest BCUT2D eigenvalue weighted by atomic mass is 19.4. The zero-order chi connectivity index (χ0) is 26.6. The van der Waals surface area contributed by atoms with Gasteiger partial charge in [0.1, 0.15) is 0 Å². The quantitative estimate of drug-likeness (QED) is 0.422. The lowest BCUT2D eigenvalue weighted by Crippen LogP contribution is -2.55. The van der Waals surface area contributed by atoms with E-state index < -0.39 is 17.3 Å². The van der Waals surface area contributed by atoms with Gasteiger partial charge in [-0.25, -0.2) is 9.83 Å². The van der Waals surface area contributed by atoms with E-state index in [4.69, 9.17) is 16.0 Å². The Labute approximate surface area is 210 Å². The van der Waals surface area contributed by atoms with Crippen molar-refractivity contribution in [3.05, 3.63) is 45.8 Å². The lowest BCUT2D eigenvalue weighted by atomic mass is 10.1. The van der Waals surface area contributed by atoms with Crippen LogP contribution in [0.3, 0.4) is 0 Å². The molecule has 4 heterocycles. The van der Waals surface area contributed by atoms with Gasteiger partial charge in [0.25, 0.3) is 11.2 Å². The van der Waals surface area contributed by atoms with Gasteiger partial charge in [0.05, 0.1) is 56.3 Å². The summed E-state index contributed by atoms with van der Waals surface area (Å²) >= 11 is 0. The smallest absolute Gasteiger partial charge is 0.418 e. The van der Waals surface area contributed by atoms with Crippen LogP contribution in [0.1, 0.15) is 25.3 Å². The van der Waals surface area contributed by atoms with Gasteiger partial charge in [-0.1, -0.05) is 0 Å². The fourth-order valence-corrected chi connectivity index (χ4v) is 4.32. The van der Waals surface area contributed by atoms with Crippen LogP contribution in [0.15, 0.2) is 23.3 Å². The molecular formula is C23H26F3N7O4. The van der Waals surface area contributed by atoms with Crippen molar-refractivity contribution in [2.45, 2.75) is 38.0 Å². The van der Waals surface area contributed by atoms with Gasteiger partial charge in [0.15, 0.2) is 11.6 Å². The number of piperazine rings is 1. The Balaban J connectivity index is 1.26. The van der Waals surface area contributed by atoms with Crippen LogP contribution in [0.25, 0.3) is 4.85 Å². The molecule has 2 aromatic rings. The number of ether oxygens (including phenoxy) is 2. The van der Waals surface area contributed by atoms with Crippen molar-refractivity contribution in [1.29, 1.82) is 0 Å². The van der Waals surface area contributed by atoms with Gasteiger partial charge in [0, 0.05) is 38.3 Å². The molecule has 0 aromatic carbocycles. The first-order valence-corrected chi connectivity index (χ1v) is 11.7. The van der Waals surface area contributed by atoms with Crippen molar-refractivity contribution in [2.24, 2.45) is 0 Å². The molecule has 0 saturated carbocycles. The number of hydrogen-bond acceptors (Lipinski definition) is 8. The first-order valence-electron chi connectivity index (χ1n) is 11.7. The van der Waals surface area contributed by atoms with Crippen molar-refractivity contribution in [1.82, 2.24) is 20.1 Å². The molecule has 0 spiro atoms. The average molecular weight is 522 g/mol. The second-order valence-corrected chi connectivity index (χ2v) is 8.81. The summed E-state index contributed by atoms with van der Waals surface area (Å²) in [7, 11) is 0. The SMILES string of the molecule is [C-]#[N+]c1c(N[C@@H](C)COCCC(=O)N2CCN3c4ncc(C(F)(F)F)cc4OCC[C@@H]3C2)cn[nH]c1=O. The third-order valence-electron chi connectivity index (χ3n) is 6.15. The van der Waals surface area contributed by atoms with Crippen molar-refractivity contribution in [2.75, 3.05) is 49.7 Å². The van der Waals surface area contributed by atoms with E-state index in [1.54, 1.807) is 4.90 Å². The number of nitrogens with one attached hydrogen (secondary N) is 2. The van der Waals surface area contributed by atoms with Crippen LogP contribution in [-0.2, 0) is 15.7 Å². The predicted molar refractivity (Wildman–Crippen MR) is 127 cm³/mol. The Hall–Kier alpha value is -3.86. The summed E-state index contributed by atoms with van der Waals surface area (Å²) < 4.78 is 50.3. The first kappa shape index (κ1) is 26.2. The molecule has 1 fully saturated rings. The standard InChI is InChI=1S/C23H26F3N7O4/c1-14(30-17-11-29-31-22(35)20(17)27-2)13-36-7-4-19(34)32-5-6-33-16(12-32)3-8-37-18-9-15(23(24,25)26)10-28-21(18)33/h9-11,14,16H,3-8,12-13H2,1H3,(H2,30,31,35)/t14-,16+/m0/s1. The summed E-state index contributed by atoms with van der Waals surface area (Å²) in [5.41, 5.74) is -1.21. The number of aromatic amines is 1. The van der Waals surface area contributed by atoms with Gasteiger partial charge < -0.3 is 24.6 Å². The van der Waals surface area contributed by atoms with E-state index in [2.05, 4.69) is 25.3 Å². The number of pyridine rings is 1. The minimum Gasteiger partial charge on any atom is -0.490 e. The van der Waals surface area contributed by atoms with Crippen LogP contribution < -0.4 is 20.5 Å². The lowest BCUT2D eigenvalue weighted by molar-refractivity contribution is -0.138. The van der Waals surface area contributed by atoms with Gasteiger partial charge in [-0.05, 0) is 13.0 Å². The number of alkyl halides is 3. The molecule has 198 valence electrons. The molecule has 2 N–H and O–H groups in total. The number of rotatable bonds is 7. The van der Waals surface area contributed by atoms with E-state index >= 15 is 0 Å². The Morgan fingerprint density at radius 2 is 2.22 bits per heavy atom. The van der Waals surface area contributed by atoms with E-state index in [9.17, 15) is 22.8 Å². The number of anilines is 2. The Morgan fingerprint density at radius 1 is 1.41 bits per heavy atom. The van der Waals surface area contributed by atoms with Gasteiger partial charge in [-0.3, -0.25) is 14.7 Å². The number of aromatic nitrogens is 3. The number of carbonyl (C=O) groups is 1.